The number of anilines is 1. The van der Waals surface area contributed by atoms with Gasteiger partial charge in [0.1, 0.15) is 12.4 Å². The van der Waals surface area contributed by atoms with E-state index in [1.807, 2.05) is 18.2 Å². The lowest BCUT2D eigenvalue weighted by Gasteiger charge is -2.37. The number of cyclic esters (lactones) is 1. The summed E-state index contributed by atoms with van der Waals surface area (Å²) in [5.74, 6) is 0.771. The molecule has 0 aromatic heterocycles. The van der Waals surface area contributed by atoms with Crippen molar-refractivity contribution in [2.45, 2.75) is 25.5 Å². The molecule has 1 amide bonds. The molecule has 0 saturated carbocycles. The van der Waals surface area contributed by atoms with E-state index in [0.717, 1.165) is 42.9 Å². The summed E-state index contributed by atoms with van der Waals surface area (Å²) in [5.41, 5.74) is 1.97. The minimum atomic E-state index is -0.243. The number of nitrogens with zero attached hydrogens (tertiary/aromatic N) is 1. The average Bonchev–Trinajstić information content (AvgIpc) is 2.47. The second-order valence-corrected chi connectivity index (χ2v) is 4.90. The highest BCUT2D eigenvalue weighted by molar-refractivity contribution is 5.91. The van der Waals surface area contributed by atoms with Crippen LogP contribution < -0.4 is 15.0 Å². The highest BCUT2D eigenvalue weighted by Gasteiger charge is 2.33. The summed E-state index contributed by atoms with van der Waals surface area (Å²) in [6.45, 7) is 2.22. The van der Waals surface area contributed by atoms with Crippen LogP contribution in [-0.2, 0) is 11.3 Å². The third-order valence-corrected chi connectivity index (χ3v) is 3.77. The largest absolute Gasteiger partial charge is 0.497 e. The first-order chi connectivity index (χ1) is 9.29. The van der Waals surface area contributed by atoms with E-state index in [4.69, 9.17) is 9.47 Å². The first-order valence-corrected chi connectivity index (χ1v) is 6.63. The molecule has 6 heteroatoms. The van der Waals surface area contributed by atoms with Crippen molar-refractivity contribution in [3.63, 3.8) is 0 Å². The van der Waals surface area contributed by atoms with Crippen molar-refractivity contribution in [2.75, 3.05) is 25.1 Å². The van der Waals surface area contributed by atoms with Crippen molar-refractivity contribution >= 4 is 24.2 Å². The van der Waals surface area contributed by atoms with E-state index in [1.54, 1.807) is 12.0 Å². The van der Waals surface area contributed by atoms with E-state index in [9.17, 15) is 4.79 Å². The number of hydrogen-bond acceptors (Lipinski definition) is 4. The fourth-order valence-corrected chi connectivity index (χ4v) is 2.73. The first kappa shape index (κ1) is 14.9. The average molecular weight is 299 g/mol. The molecular weight excluding hydrogens is 280 g/mol. The fourth-order valence-electron chi connectivity index (χ4n) is 2.73. The van der Waals surface area contributed by atoms with Crippen LogP contribution >= 0.6 is 12.4 Å². The Balaban J connectivity index is 0.00000147. The molecule has 110 valence electrons. The Labute approximate surface area is 124 Å². The van der Waals surface area contributed by atoms with Gasteiger partial charge in [0.15, 0.2) is 0 Å². The Bertz CT molecular complexity index is 489. The molecule has 0 radical (unpaired) electrons. The van der Waals surface area contributed by atoms with Crippen molar-refractivity contribution in [3.8, 4) is 5.75 Å². The minimum Gasteiger partial charge on any atom is -0.497 e. The Kier molecular flexibility index (Phi) is 4.73. The summed E-state index contributed by atoms with van der Waals surface area (Å²) < 4.78 is 10.5. The second-order valence-electron chi connectivity index (χ2n) is 4.90. The maximum absolute atomic E-state index is 12.1. The molecule has 2 aliphatic rings. The summed E-state index contributed by atoms with van der Waals surface area (Å²) in [6, 6.07) is 6.00. The number of carbonyl (C=O) groups excluding carboxylic acids is 1. The van der Waals surface area contributed by atoms with Crippen LogP contribution in [0.2, 0.25) is 0 Å². The summed E-state index contributed by atoms with van der Waals surface area (Å²) in [5, 5.41) is 3.31. The smallest absolute Gasteiger partial charge is 0.414 e. The molecule has 0 spiro atoms. The van der Waals surface area contributed by atoms with E-state index in [-0.39, 0.29) is 24.5 Å². The van der Waals surface area contributed by atoms with Gasteiger partial charge in [-0.2, -0.15) is 0 Å². The molecule has 3 rings (SSSR count). The molecule has 1 N–H and O–H groups in total. The zero-order valence-corrected chi connectivity index (χ0v) is 12.2. The zero-order valence-electron chi connectivity index (χ0n) is 11.4. The summed E-state index contributed by atoms with van der Waals surface area (Å²) in [7, 11) is 1.64. The van der Waals surface area contributed by atoms with Crippen molar-refractivity contribution in [1.82, 2.24) is 5.32 Å². The Hall–Kier alpha value is -1.46. The van der Waals surface area contributed by atoms with E-state index < -0.39 is 0 Å². The van der Waals surface area contributed by atoms with Crippen LogP contribution in [0.15, 0.2) is 18.2 Å². The molecular formula is C14H19ClN2O3. The number of fused-ring (bicyclic) bond motifs is 1. The summed E-state index contributed by atoms with van der Waals surface area (Å²) in [6.07, 6.45) is 1.66. The molecule has 0 atom stereocenters. The first-order valence-electron chi connectivity index (χ1n) is 6.63. The molecule has 2 aliphatic heterocycles. The van der Waals surface area contributed by atoms with Crippen LogP contribution in [0.4, 0.5) is 10.5 Å². The number of rotatable bonds is 2. The lowest BCUT2D eigenvalue weighted by molar-refractivity contribution is 0.137. The number of carbonyl (C=O) groups is 1. The standard InChI is InChI=1S/C14H18N2O3.ClH/c1-18-12-3-2-10-9-19-14(17)16(13(10)8-12)11-4-6-15-7-5-11;/h2-3,8,11,15H,4-7,9H2,1H3;1H. The third kappa shape index (κ3) is 2.69. The molecule has 0 bridgehead atoms. The number of nitrogens with one attached hydrogen (secondary N) is 1. The highest BCUT2D eigenvalue weighted by Crippen LogP contribution is 2.33. The fraction of sp³-hybridized carbons (Fsp3) is 0.500. The third-order valence-electron chi connectivity index (χ3n) is 3.77. The van der Waals surface area contributed by atoms with Gasteiger partial charge in [0.2, 0.25) is 0 Å². The van der Waals surface area contributed by atoms with Gasteiger partial charge in [-0.05, 0) is 38.1 Å². The molecule has 5 nitrogen and oxygen atoms in total. The normalized spacial score (nSPS) is 18.9. The van der Waals surface area contributed by atoms with E-state index in [0.29, 0.717) is 6.61 Å². The number of ether oxygens (including phenoxy) is 2. The predicted octanol–water partition coefficient (Wildman–Crippen LogP) is 2.33. The van der Waals surface area contributed by atoms with Gasteiger partial charge in [0, 0.05) is 17.7 Å². The number of halogens is 1. The van der Waals surface area contributed by atoms with Gasteiger partial charge in [-0.1, -0.05) is 0 Å². The van der Waals surface area contributed by atoms with Crippen LogP contribution in [-0.4, -0.2) is 32.3 Å². The molecule has 0 aliphatic carbocycles. The van der Waals surface area contributed by atoms with Gasteiger partial charge in [-0.3, -0.25) is 4.90 Å². The highest BCUT2D eigenvalue weighted by atomic mass is 35.5. The van der Waals surface area contributed by atoms with E-state index in [1.165, 1.54) is 0 Å². The van der Waals surface area contributed by atoms with Crippen molar-refractivity contribution in [1.29, 1.82) is 0 Å². The van der Waals surface area contributed by atoms with Crippen LogP contribution in [0.5, 0.6) is 5.75 Å². The second kappa shape index (κ2) is 6.33. The van der Waals surface area contributed by atoms with Crippen molar-refractivity contribution in [2.24, 2.45) is 0 Å². The van der Waals surface area contributed by atoms with Gasteiger partial charge in [-0.15, -0.1) is 12.4 Å². The molecule has 2 heterocycles. The SMILES string of the molecule is COc1ccc2c(c1)N(C1CCNCC1)C(=O)OC2.Cl. The Morgan fingerprint density at radius 3 is 2.80 bits per heavy atom. The molecule has 0 unspecified atom stereocenters. The van der Waals surface area contributed by atoms with E-state index >= 15 is 0 Å². The van der Waals surface area contributed by atoms with Crippen molar-refractivity contribution in [3.05, 3.63) is 23.8 Å². The van der Waals surface area contributed by atoms with Crippen LogP contribution in [0.1, 0.15) is 18.4 Å². The topological polar surface area (TPSA) is 50.8 Å². The maximum Gasteiger partial charge on any atom is 0.414 e. The lowest BCUT2D eigenvalue weighted by atomic mass is 10.0. The molecule has 1 aromatic carbocycles. The lowest BCUT2D eigenvalue weighted by Crippen LogP contribution is -2.48. The number of benzene rings is 1. The van der Waals surface area contributed by atoms with Gasteiger partial charge < -0.3 is 14.8 Å². The van der Waals surface area contributed by atoms with Gasteiger partial charge in [0.05, 0.1) is 12.8 Å². The van der Waals surface area contributed by atoms with Crippen LogP contribution in [0.3, 0.4) is 0 Å². The van der Waals surface area contributed by atoms with Gasteiger partial charge in [-0.25, -0.2) is 4.79 Å². The zero-order chi connectivity index (χ0) is 13.2. The molecule has 20 heavy (non-hydrogen) atoms. The Morgan fingerprint density at radius 1 is 1.35 bits per heavy atom. The molecule has 1 saturated heterocycles. The molecule has 1 fully saturated rings. The predicted molar refractivity (Wildman–Crippen MR) is 78.8 cm³/mol. The number of piperidine rings is 1. The molecule has 1 aromatic rings. The number of amides is 1. The summed E-state index contributed by atoms with van der Waals surface area (Å²) >= 11 is 0. The van der Waals surface area contributed by atoms with Gasteiger partial charge >= 0.3 is 6.09 Å². The number of methoxy groups -OCH3 is 1. The minimum absolute atomic E-state index is 0. The number of hydrogen-bond donors (Lipinski definition) is 1. The maximum atomic E-state index is 12.1. The van der Waals surface area contributed by atoms with Crippen molar-refractivity contribution < 1.29 is 14.3 Å². The van der Waals surface area contributed by atoms with Gasteiger partial charge in [0.25, 0.3) is 0 Å². The van der Waals surface area contributed by atoms with Crippen LogP contribution in [0, 0.1) is 0 Å². The quantitative estimate of drug-likeness (QED) is 0.910. The Morgan fingerprint density at radius 2 is 2.10 bits per heavy atom. The summed E-state index contributed by atoms with van der Waals surface area (Å²) in [4.78, 5) is 13.9. The van der Waals surface area contributed by atoms with E-state index in [2.05, 4.69) is 5.32 Å². The monoisotopic (exact) mass is 298 g/mol. The van der Waals surface area contributed by atoms with Crippen LogP contribution in [0.25, 0.3) is 0 Å².